The molecule has 0 aromatic rings. The van der Waals surface area contributed by atoms with E-state index in [2.05, 4.69) is 15.4 Å². The van der Waals surface area contributed by atoms with Crippen LogP contribution in [0.3, 0.4) is 0 Å². The molecule has 0 heterocycles. The Morgan fingerprint density at radius 1 is 1.19 bits per heavy atom. The fourth-order valence-electron chi connectivity index (χ4n) is 1.48. The fraction of sp³-hybridized carbons (Fsp3) is 0.786. The van der Waals surface area contributed by atoms with Gasteiger partial charge in [-0.1, -0.05) is 20.3 Å². The number of amides is 2. The first-order chi connectivity index (χ1) is 9.60. The molecule has 0 aromatic carbocycles. The number of rotatable bonds is 6. The third kappa shape index (κ3) is 8.16. The van der Waals surface area contributed by atoms with Crippen LogP contribution in [0.5, 0.6) is 0 Å². The number of esters is 1. The third-order valence-electron chi connectivity index (χ3n) is 2.80. The summed E-state index contributed by atoms with van der Waals surface area (Å²) < 4.78 is 9.59. The standard InChI is InChI=1S/C14H26N2O5/c1-7-9(2)11(12(18)15-8-10(17)20-6)16-13(19)21-14(3,4)5/h9,11H,7-8H2,1-6H3,(H,15,18)(H,16,19). The maximum Gasteiger partial charge on any atom is 0.408 e. The van der Waals surface area contributed by atoms with Gasteiger partial charge in [-0.15, -0.1) is 0 Å². The SMILES string of the molecule is CCC(C)C(NC(=O)OC(C)(C)C)C(=O)NCC(=O)OC. The largest absolute Gasteiger partial charge is 0.468 e. The molecule has 0 radical (unpaired) electrons. The van der Waals surface area contributed by atoms with Crippen LogP contribution in [0.15, 0.2) is 0 Å². The predicted octanol–water partition coefficient (Wildman–Crippen LogP) is 1.22. The van der Waals surface area contributed by atoms with Gasteiger partial charge in [-0.3, -0.25) is 9.59 Å². The van der Waals surface area contributed by atoms with Crippen molar-refractivity contribution in [1.29, 1.82) is 0 Å². The lowest BCUT2D eigenvalue weighted by Crippen LogP contribution is -2.52. The molecule has 0 aliphatic heterocycles. The van der Waals surface area contributed by atoms with Gasteiger partial charge in [0.15, 0.2) is 0 Å². The van der Waals surface area contributed by atoms with Crippen LogP contribution in [-0.2, 0) is 19.1 Å². The molecule has 2 N–H and O–H groups in total. The number of ether oxygens (including phenoxy) is 2. The van der Waals surface area contributed by atoms with Crippen LogP contribution in [0, 0.1) is 5.92 Å². The number of methoxy groups -OCH3 is 1. The van der Waals surface area contributed by atoms with Crippen molar-refractivity contribution in [3.05, 3.63) is 0 Å². The van der Waals surface area contributed by atoms with E-state index < -0.39 is 29.6 Å². The molecule has 0 fully saturated rings. The Balaban J connectivity index is 4.69. The van der Waals surface area contributed by atoms with Crippen LogP contribution in [-0.4, -0.2) is 43.3 Å². The van der Waals surface area contributed by atoms with Gasteiger partial charge in [0.25, 0.3) is 0 Å². The third-order valence-corrected chi connectivity index (χ3v) is 2.80. The normalized spacial score (nSPS) is 13.8. The van der Waals surface area contributed by atoms with Gasteiger partial charge in [0.2, 0.25) is 5.91 Å². The van der Waals surface area contributed by atoms with E-state index >= 15 is 0 Å². The quantitative estimate of drug-likeness (QED) is 0.719. The number of hydrogen-bond acceptors (Lipinski definition) is 5. The molecule has 7 heteroatoms. The summed E-state index contributed by atoms with van der Waals surface area (Å²) in [5.74, 6) is -1.10. The minimum Gasteiger partial charge on any atom is -0.468 e. The average molecular weight is 302 g/mol. The summed E-state index contributed by atoms with van der Waals surface area (Å²) in [6.07, 6.45) is 0.0209. The molecule has 0 saturated heterocycles. The van der Waals surface area contributed by atoms with Crippen molar-refractivity contribution in [1.82, 2.24) is 10.6 Å². The molecule has 2 atom stereocenters. The van der Waals surface area contributed by atoms with Crippen LogP contribution in [0.25, 0.3) is 0 Å². The van der Waals surface area contributed by atoms with Crippen molar-refractivity contribution >= 4 is 18.0 Å². The van der Waals surface area contributed by atoms with Crippen LogP contribution < -0.4 is 10.6 Å². The first kappa shape index (κ1) is 19.2. The van der Waals surface area contributed by atoms with E-state index in [4.69, 9.17) is 4.74 Å². The smallest absolute Gasteiger partial charge is 0.408 e. The zero-order valence-electron chi connectivity index (χ0n) is 13.6. The molecule has 0 rings (SSSR count). The van der Waals surface area contributed by atoms with E-state index in [0.717, 1.165) is 0 Å². The first-order valence-corrected chi connectivity index (χ1v) is 6.94. The average Bonchev–Trinajstić information content (AvgIpc) is 2.38. The van der Waals surface area contributed by atoms with Gasteiger partial charge in [0, 0.05) is 0 Å². The van der Waals surface area contributed by atoms with Gasteiger partial charge in [0.05, 0.1) is 7.11 Å². The number of alkyl carbamates (subject to hydrolysis) is 1. The number of hydrogen-bond donors (Lipinski definition) is 2. The lowest BCUT2D eigenvalue weighted by Gasteiger charge is -2.26. The van der Waals surface area contributed by atoms with Crippen molar-refractivity contribution in [2.45, 2.75) is 52.7 Å². The van der Waals surface area contributed by atoms with E-state index in [1.54, 1.807) is 20.8 Å². The second-order valence-electron chi connectivity index (χ2n) is 5.80. The molecular weight excluding hydrogens is 276 g/mol. The highest BCUT2D eigenvalue weighted by atomic mass is 16.6. The molecule has 7 nitrogen and oxygen atoms in total. The molecule has 0 saturated carbocycles. The van der Waals surface area contributed by atoms with Crippen molar-refractivity contribution in [2.75, 3.05) is 13.7 Å². The first-order valence-electron chi connectivity index (χ1n) is 6.94. The highest BCUT2D eigenvalue weighted by Gasteiger charge is 2.28. The zero-order valence-corrected chi connectivity index (χ0v) is 13.6. The van der Waals surface area contributed by atoms with Crippen molar-refractivity contribution < 1.29 is 23.9 Å². The fourth-order valence-corrected chi connectivity index (χ4v) is 1.48. The van der Waals surface area contributed by atoms with E-state index in [1.807, 2.05) is 13.8 Å². The number of carbonyl (C=O) groups excluding carboxylic acids is 3. The predicted molar refractivity (Wildman–Crippen MR) is 77.6 cm³/mol. The Morgan fingerprint density at radius 2 is 1.76 bits per heavy atom. The molecular formula is C14H26N2O5. The van der Waals surface area contributed by atoms with Crippen molar-refractivity contribution in [2.24, 2.45) is 5.92 Å². The Kier molecular flexibility index (Phi) is 7.76. The molecule has 21 heavy (non-hydrogen) atoms. The van der Waals surface area contributed by atoms with Gasteiger partial charge >= 0.3 is 12.1 Å². The molecule has 122 valence electrons. The van der Waals surface area contributed by atoms with Gasteiger partial charge in [-0.25, -0.2) is 4.79 Å². The minimum absolute atomic E-state index is 0.102. The van der Waals surface area contributed by atoms with Gasteiger partial charge in [-0.2, -0.15) is 0 Å². The van der Waals surface area contributed by atoms with E-state index in [9.17, 15) is 14.4 Å². The van der Waals surface area contributed by atoms with Gasteiger partial charge < -0.3 is 20.1 Å². The summed E-state index contributed by atoms with van der Waals surface area (Å²) in [6, 6.07) is -0.769. The minimum atomic E-state index is -0.769. The molecule has 0 aromatic heterocycles. The number of nitrogens with one attached hydrogen (secondary N) is 2. The van der Waals surface area contributed by atoms with Gasteiger partial charge in [0.1, 0.15) is 18.2 Å². The molecule has 0 spiro atoms. The maximum atomic E-state index is 12.1. The second kappa shape index (κ2) is 8.49. The van der Waals surface area contributed by atoms with Crippen LogP contribution in [0.4, 0.5) is 4.79 Å². The monoisotopic (exact) mass is 302 g/mol. The summed E-state index contributed by atoms with van der Waals surface area (Å²) in [7, 11) is 1.24. The highest BCUT2D eigenvalue weighted by molar-refractivity contribution is 5.88. The van der Waals surface area contributed by atoms with Crippen LogP contribution in [0.2, 0.25) is 0 Å². The molecule has 0 bridgehead atoms. The van der Waals surface area contributed by atoms with Crippen molar-refractivity contribution in [3.63, 3.8) is 0 Å². The Hall–Kier alpha value is -1.79. The second-order valence-corrected chi connectivity index (χ2v) is 5.80. The van der Waals surface area contributed by atoms with Crippen LogP contribution >= 0.6 is 0 Å². The number of carbonyl (C=O) groups is 3. The summed E-state index contributed by atoms with van der Waals surface area (Å²) in [5.41, 5.74) is -0.646. The topological polar surface area (TPSA) is 93.7 Å². The summed E-state index contributed by atoms with van der Waals surface area (Å²) in [4.78, 5) is 34.9. The summed E-state index contributed by atoms with van der Waals surface area (Å²) in [5, 5.41) is 4.97. The lowest BCUT2D eigenvalue weighted by molar-refractivity contribution is -0.141. The molecule has 2 amide bonds. The van der Waals surface area contributed by atoms with E-state index in [1.165, 1.54) is 7.11 Å². The Labute approximate surface area is 125 Å². The Morgan fingerprint density at radius 3 is 2.19 bits per heavy atom. The summed E-state index contributed by atoms with van der Waals surface area (Å²) in [6.45, 7) is 8.71. The van der Waals surface area contributed by atoms with Gasteiger partial charge in [-0.05, 0) is 26.7 Å². The van der Waals surface area contributed by atoms with E-state index in [-0.39, 0.29) is 12.5 Å². The Bertz CT molecular complexity index is 376. The molecule has 0 aliphatic rings. The van der Waals surface area contributed by atoms with E-state index in [0.29, 0.717) is 6.42 Å². The molecule has 2 unspecified atom stereocenters. The lowest BCUT2D eigenvalue weighted by atomic mass is 9.98. The zero-order chi connectivity index (χ0) is 16.6. The summed E-state index contributed by atoms with van der Waals surface area (Å²) >= 11 is 0. The van der Waals surface area contributed by atoms with Crippen LogP contribution in [0.1, 0.15) is 41.0 Å². The van der Waals surface area contributed by atoms with Crippen molar-refractivity contribution in [3.8, 4) is 0 Å². The molecule has 0 aliphatic carbocycles. The highest BCUT2D eigenvalue weighted by Crippen LogP contribution is 2.11. The maximum absolute atomic E-state index is 12.1.